The minimum Gasteiger partial charge on any atom is -0.143 e. The predicted molar refractivity (Wildman–Crippen MR) is 80.5 cm³/mol. The van der Waals surface area contributed by atoms with E-state index in [2.05, 4.69) is 35.0 Å². The molecule has 0 nitrogen and oxygen atoms in total. The molecule has 17 heavy (non-hydrogen) atoms. The molecule has 1 unspecified atom stereocenters. The summed E-state index contributed by atoms with van der Waals surface area (Å²) in [5.74, 6) is 0. The van der Waals surface area contributed by atoms with Gasteiger partial charge in [0.05, 0.1) is 10.4 Å². The van der Waals surface area contributed by atoms with Crippen LogP contribution < -0.4 is 0 Å². The smallest absolute Gasteiger partial charge is 0.0928 e. The van der Waals surface area contributed by atoms with Crippen molar-refractivity contribution in [3.8, 4) is 0 Å². The van der Waals surface area contributed by atoms with Gasteiger partial charge in [0.25, 0.3) is 0 Å². The van der Waals surface area contributed by atoms with Crippen molar-refractivity contribution in [3.63, 3.8) is 0 Å². The second kappa shape index (κ2) is 5.75. The van der Waals surface area contributed by atoms with Crippen LogP contribution in [0.1, 0.15) is 27.6 Å². The predicted octanol–water partition coefficient (Wildman–Crippen LogP) is 6.05. The highest BCUT2D eigenvalue weighted by Crippen LogP contribution is 2.36. The van der Waals surface area contributed by atoms with E-state index in [-0.39, 0.29) is 5.38 Å². The van der Waals surface area contributed by atoms with Gasteiger partial charge in [0, 0.05) is 14.2 Å². The Balaban J connectivity index is 2.29. The van der Waals surface area contributed by atoms with E-state index >= 15 is 0 Å². The molecule has 90 valence electrons. The summed E-state index contributed by atoms with van der Waals surface area (Å²) in [5.41, 5.74) is 1.06. The van der Waals surface area contributed by atoms with Crippen molar-refractivity contribution < 1.29 is 0 Å². The Hall–Kier alpha value is -0.0200. The minimum atomic E-state index is -0.103. The van der Waals surface area contributed by atoms with Crippen LogP contribution >= 0.6 is 50.5 Å². The van der Waals surface area contributed by atoms with E-state index < -0.39 is 0 Å². The second-order valence-corrected chi connectivity index (χ2v) is 6.59. The molecule has 4 heteroatoms. The van der Waals surface area contributed by atoms with Crippen LogP contribution in [0.5, 0.6) is 0 Å². The number of hydrogen-bond acceptors (Lipinski definition) is 1. The Labute approximate surface area is 124 Å². The summed E-state index contributed by atoms with van der Waals surface area (Å²) in [6, 6.07) is 10.1. The van der Waals surface area contributed by atoms with Gasteiger partial charge in [0.2, 0.25) is 0 Å². The van der Waals surface area contributed by atoms with Gasteiger partial charge in [0.1, 0.15) is 0 Å². The lowest BCUT2D eigenvalue weighted by Crippen LogP contribution is -1.90. The maximum Gasteiger partial charge on any atom is 0.0928 e. The molecule has 1 atom stereocenters. The van der Waals surface area contributed by atoms with Gasteiger partial charge >= 0.3 is 0 Å². The van der Waals surface area contributed by atoms with E-state index in [4.69, 9.17) is 23.2 Å². The number of thiophene rings is 1. The van der Waals surface area contributed by atoms with E-state index in [1.54, 1.807) is 11.3 Å². The van der Waals surface area contributed by atoms with Gasteiger partial charge < -0.3 is 0 Å². The molecule has 0 aliphatic heterocycles. The van der Waals surface area contributed by atoms with Crippen LogP contribution in [0.25, 0.3) is 0 Å². The molecule has 1 aromatic carbocycles. The summed E-state index contributed by atoms with van der Waals surface area (Å²) >= 11 is 17.6. The molecule has 0 bridgehead atoms. The Morgan fingerprint density at radius 1 is 1.29 bits per heavy atom. The summed E-state index contributed by atoms with van der Waals surface area (Å²) in [7, 11) is 0. The van der Waals surface area contributed by atoms with Crippen LogP contribution in [-0.4, -0.2) is 0 Å². The molecule has 0 aliphatic carbocycles. The number of benzene rings is 1. The number of hydrogen-bond donors (Lipinski definition) is 0. The number of aryl methyl sites for hydroxylation is 1. The van der Waals surface area contributed by atoms with Gasteiger partial charge in [-0.1, -0.05) is 24.6 Å². The van der Waals surface area contributed by atoms with Crippen molar-refractivity contribution in [1.29, 1.82) is 0 Å². The third kappa shape index (κ3) is 3.05. The number of rotatable bonds is 3. The number of alkyl halides is 1. The first-order chi connectivity index (χ1) is 8.11. The average molecular weight is 350 g/mol. The highest BCUT2D eigenvalue weighted by Gasteiger charge is 2.14. The molecule has 0 spiro atoms. The van der Waals surface area contributed by atoms with Crippen LogP contribution in [0.3, 0.4) is 0 Å². The van der Waals surface area contributed by atoms with Gasteiger partial charge in [-0.3, -0.25) is 0 Å². The Morgan fingerprint density at radius 3 is 2.65 bits per heavy atom. The largest absolute Gasteiger partial charge is 0.143 e. The molecular weight excluding hydrogens is 339 g/mol. The molecule has 0 fully saturated rings. The molecule has 1 aromatic heterocycles. The first-order valence-corrected chi connectivity index (χ1v) is 7.72. The minimum absolute atomic E-state index is 0.103. The maximum absolute atomic E-state index is 6.47. The van der Waals surface area contributed by atoms with Gasteiger partial charge in [0.15, 0.2) is 0 Å². The third-order valence-electron chi connectivity index (χ3n) is 2.52. The summed E-state index contributed by atoms with van der Waals surface area (Å²) in [6.45, 7) is 2.15. The summed E-state index contributed by atoms with van der Waals surface area (Å²) < 4.78 is 0.884. The first kappa shape index (κ1) is 13.4. The lowest BCUT2D eigenvalue weighted by atomic mass is 10.1. The van der Waals surface area contributed by atoms with Gasteiger partial charge in [-0.25, -0.2) is 0 Å². The zero-order valence-electron chi connectivity index (χ0n) is 9.21. The van der Waals surface area contributed by atoms with Crippen molar-refractivity contribution in [2.24, 2.45) is 0 Å². The Morgan fingerprint density at radius 2 is 2.06 bits per heavy atom. The molecule has 0 amide bonds. The van der Waals surface area contributed by atoms with E-state index in [1.165, 1.54) is 9.75 Å². The van der Waals surface area contributed by atoms with E-state index in [0.717, 1.165) is 16.5 Å². The molecule has 0 aliphatic rings. The van der Waals surface area contributed by atoms with Crippen LogP contribution in [0, 0.1) is 0 Å². The maximum atomic E-state index is 6.47. The molecule has 0 radical (unpaired) electrons. The fourth-order valence-corrected chi connectivity index (χ4v) is 3.37. The molecule has 0 N–H and O–H groups in total. The van der Waals surface area contributed by atoms with Crippen LogP contribution in [0.4, 0.5) is 0 Å². The molecular formula is C13H11BrCl2S. The fourth-order valence-electron chi connectivity index (χ4n) is 1.56. The summed E-state index contributed by atoms with van der Waals surface area (Å²) in [5, 5.41) is 0.604. The first-order valence-electron chi connectivity index (χ1n) is 5.29. The summed E-state index contributed by atoms with van der Waals surface area (Å²) in [6.07, 6.45) is 1.05. The molecule has 0 saturated carbocycles. The van der Waals surface area contributed by atoms with Crippen molar-refractivity contribution in [2.75, 3.05) is 0 Å². The Bertz CT molecular complexity index is 522. The van der Waals surface area contributed by atoms with Crippen LogP contribution in [0.2, 0.25) is 5.02 Å². The average Bonchev–Trinajstić information content (AvgIpc) is 2.80. The molecule has 2 aromatic rings. The highest BCUT2D eigenvalue weighted by atomic mass is 79.9. The standard InChI is InChI=1S/C13H11BrCl2S/c1-2-9-4-6-12(17-9)13(16)8-3-5-11(15)10(14)7-8/h3-7,13H,2H2,1H3. The van der Waals surface area contributed by atoms with Gasteiger partial charge in [-0.05, 0) is 52.2 Å². The Kier molecular flexibility index (Phi) is 4.53. The topological polar surface area (TPSA) is 0 Å². The molecule has 0 saturated heterocycles. The van der Waals surface area contributed by atoms with E-state index in [9.17, 15) is 0 Å². The van der Waals surface area contributed by atoms with Gasteiger partial charge in [-0.2, -0.15) is 0 Å². The van der Waals surface area contributed by atoms with E-state index in [0.29, 0.717) is 5.02 Å². The summed E-state index contributed by atoms with van der Waals surface area (Å²) in [4.78, 5) is 2.54. The normalized spacial score (nSPS) is 12.7. The second-order valence-electron chi connectivity index (χ2n) is 3.69. The monoisotopic (exact) mass is 348 g/mol. The van der Waals surface area contributed by atoms with Crippen LogP contribution in [-0.2, 0) is 6.42 Å². The SMILES string of the molecule is CCc1ccc(C(Cl)c2ccc(Cl)c(Br)c2)s1. The van der Waals surface area contributed by atoms with Crippen molar-refractivity contribution in [1.82, 2.24) is 0 Å². The third-order valence-corrected chi connectivity index (χ3v) is 5.64. The van der Waals surface area contributed by atoms with Crippen molar-refractivity contribution in [2.45, 2.75) is 18.7 Å². The quantitative estimate of drug-likeness (QED) is 0.591. The van der Waals surface area contributed by atoms with E-state index in [1.807, 2.05) is 18.2 Å². The highest BCUT2D eigenvalue weighted by molar-refractivity contribution is 9.10. The lowest BCUT2D eigenvalue weighted by Gasteiger charge is -2.08. The lowest BCUT2D eigenvalue weighted by molar-refractivity contribution is 1.18. The zero-order chi connectivity index (χ0) is 12.4. The van der Waals surface area contributed by atoms with Crippen molar-refractivity contribution >= 4 is 50.5 Å². The van der Waals surface area contributed by atoms with Gasteiger partial charge in [-0.15, -0.1) is 22.9 Å². The zero-order valence-corrected chi connectivity index (χ0v) is 13.1. The molecule has 1 heterocycles. The number of halogens is 3. The fraction of sp³-hybridized carbons (Fsp3) is 0.231. The molecule has 2 rings (SSSR count). The van der Waals surface area contributed by atoms with Crippen LogP contribution in [0.15, 0.2) is 34.8 Å². The van der Waals surface area contributed by atoms with Crippen molar-refractivity contribution in [3.05, 3.63) is 55.1 Å².